The number of nitro groups is 1. The van der Waals surface area contributed by atoms with Gasteiger partial charge in [0, 0.05) is 16.8 Å². The molecule has 3 aromatic rings. The second-order valence-electron chi connectivity index (χ2n) is 5.09. The third-order valence-corrected chi connectivity index (χ3v) is 3.81. The summed E-state index contributed by atoms with van der Waals surface area (Å²) in [4.78, 5) is 11.0. The maximum atomic E-state index is 11.4. The normalized spacial score (nSPS) is 10.5. The first-order valence-corrected chi connectivity index (χ1v) is 7.33. The maximum Gasteiger partial charge on any atom is 0.277 e. The van der Waals surface area contributed by atoms with Crippen LogP contribution in [0.2, 0.25) is 5.02 Å². The second-order valence-corrected chi connectivity index (χ2v) is 5.53. The van der Waals surface area contributed by atoms with Gasteiger partial charge in [-0.15, -0.1) is 0 Å². The van der Waals surface area contributed by atoms with Gasteiger partial charge in [-0.05, 0) is 41.0 Å². The predicted molar refractivity (Wildman–Crippen MR) is 93.4 cm³/mol. The molecule has 23 heavy (non-hydrogen) atoms. The van der Waals surface area contributed by atoms with Crippen LogP contribution in [-0.2, 0) is 0 Å². The zero-order chi connectivity index (χ0) is 16.4. The summed E-state index contributed by atoms with van der Waals surface area (Å²) in [5.41, 5.74) is 9.40. The Balaban J connectivity index is 2.31. The molecule has 0 aliphatic carbocycles. The number of anilines is 1. The minimum atomic E-state index is -0.413. The lowest BCUT2D eigenvalue weighted by Crippen LogP contribution is -1.95. The Morgan fingerprint density at radius 1 is 0.870 bits per heavy atom. The number of halogens is 1. The molecule has 0 radical (unpaired) electrons. The summed E-state index contributed by atoms with van der Waals surface area (Å²) in [6, 6.07) is 19.6. The molecule has 0 atom stereocenters. The highest BCUT2D eigenvalue weighted by atomic mass is 35.5. The van der Waals surface area contributed by atoms with Crippen molar-refractivity contribution in [2.24, 2.45) is 0 Å². The van der Waals surface area contributed by atoms with E-state index in [-0.39, 0.29) is 5.69 Å². The highest BCUT2D eigenvalue weighted by Gasteiger charge is 2.19. The first-order valence-electron chi connectivity index (χ1n) is 6.95. The van der Waals surface area contributed by atoms with E-state index >= 15 is 0 Å². The molecule has 0 bridgehead atoms. The molecule has 0 heterocycles. The van der Waals surface area contributed by atoms with Gasteiger partial charge in [0.05, 0.1) is 10.5 Å². The fraction of sp³-hybridized carbons (Fsp3) is 0. The van der Waals surface area contributed by atoms with E-state index in [9.17, 15) is 10.1 Å². The number of nitrogens with zero attached hydrogens (tertiary/aromatic N) is 1. The molecule has 3 aromatic carbocycles. The number of nitrogen functional groups attached to an aromatic ring is 1. The lowest BCUT2D eigenvalue weighted by molar-refractivity contribution is -0.384. The summed E-state index contributed by atoms with van der Waals surface area (Å²) < 4.78 is 0. The zero-order valence-corrected chi connectivity index (χ0v) is 12.8. The third kappa shape index (κ3) is 3.03. The van der Waals surface area contributed by atoms with Gasteiger partial charge in [0.1, 0.15) is 0 Å². The molecule has 0 aromatic heterocycles. The van der Waals surface area contributed by atoms with Gasteiger partial charge in [-0.25, -0.2) is 0 Å². The highest BCUT2D eigenvalue weighted by Crippen LogP contribution is 2.39. The molecule has 114 valence electrons. The van der Waals surface area contributed by atoms with Gasteiger partial charge in [-0.2, -0.15) is 0 Å². The van der Waals surface area contributed by atoms with Gasteiger partial charge in [-0.1, -0.05) is 48.0 Å². The molecule has 0 amide bonds. The summed E-state index contributed by atoms with van der Waals surface area (Å²) in [7, 11) is 0. The fourth-order valence-electron chi connectivity index (χ4n) is 2.54. The number of rotatable bonds is 3. The molecule has 3 rings (SSSR count). The highest BCUT2D eigenvalue weighted by molar-refractivity contribution is 6.31. The van der Waals surface area contributed by atoms with Crippen molar-refractivity contribution in [3.8, 4) is 22.3 Å². The van der Waals surface area contributed by atoms with Crippen LogP contribution in [0.15, 0.2) is 66.7 Å². The molecule has 0 aliphatic heterocycles. The van der Waals surface area contributed by atoms with Crippen molar-refractivity contribution < 1.29 is 4.92 Å². The van der Waals surface area contributed by atoms with E-state index in [4.69, 9.17) is 17.3 Å². The SMILES string of the molecule is Nc1ccc(-c2ccccc2)c(-c2cc(Cl)ccc2[N+](=O)[O-])c1. The molecule has 2 N–H and O–H groups in total. The topological polar surface area (TPSA) is 69.2 Å². The van der Waals surface area contributed by atoms with Crippen molar-refractivity contribution in [3.63, 3.8) is 0 Å². The Morgan fingerprint density at radius 3 is 2.30 bits per heavy atom. The van der Waals surface area contributed by atoms with Gasteiger partial charge in [-0.3, -0.25) is 10.1 Å². The smallest absolute Gasteiger partial charge is 0.277 e. The van der Waals surface area contributed by atoms with Crippen LogP contribution in [0.25, 0.3) is 22.3 Å². The number of hydrogen-bond acceptors (Lipinski definition) is 3. The van der Waals surface area contributed by atoms with Crippen molar-refractivity contribution in [2.75, 3.05) is 5.73 Å². The average Bonchev–Trinajstić information content (AvgIpc) is 2.55. The lowest BCUT2D eigenvalue weighted by Gasteiger charge is -2.12. The van der Waals surface area contributed by atoms with Crippen molar-refractivity contribution in [3.05, 3.63) is 81.9 Å². The van der Waals surface area contributed by atoms with Crippen LogP contribution in [0.3, 0.4) is 0 Å². The molecule has 0 fully saturated rings. The molecule has 0 spiro atoms. The van der Waals surface area contributed by atoms with Gasteiger partial charge >= 0.3 is 0 Å². The number of hydrogen-bond donors (Lipinski definition) is 1. The van der Waals surface area contributed by atoms with Crippen LogP contribution in [-0.4, -0.2) is 4.92 Å². The van der Waals surface area contributed by atoms with Crippen molar-refractivity contribution >= 4 is 23.0 Å². The van der Waals surface area contributed by atoms with E-state index in [1.165, 1.54) is 12.1 Å². The number of nitro benzene ring substituents is 1. The summed E-state index contributed by atoms with van der Waals surface area (Å²) in [5.74, 6) is 0. The van der Waals surface area contributed by atoms with Crippen LogP contribution in [0.4, 0.5) is 11.4 Å². The van der Waals surface area contributed by atoms with Gasteiger partial charge in [0.2, 0.25) is 0 Å². The van der Waals surface area contributed by atoms with Crippen LogP contribution < -0.4 is 5.73 Å². The molecular weight excluding hydrogens is 312 g/mol. The average molecular weight is 325 g/mol. The van der Waals surface area contributed by atoms with Crippen LogP contribution >= 0.6 is 11.6 Å². The van der Waals surface area contributed by atoms with E-state index in [2.05, 4.69) is 0 Å². The minimum absolute atomic E-state index is 0.00261. The van der Waals surface area contributed by atoms with Gasteiger partial charge in [0.15, 0.2) is 0 Å². The Hall–Kier alpha value is -2.85. The first-order chi connectivity index (χ1) is 11.1. The summed E-state index contributed by atoms with van der Waals surface area (Å²) in [5, 5.41) is 11.8. The largest absolute Gasteiger partial charge is 0.399 e. The minimum Gasteiger partial charge on any atom is -0.399 e. The molecule has 4 nitrogen and oxygen atoms in total. The fourth-order valence-corrected chi connectivity index (χ4v) is 2.71. The second kappa shape index (κ2) is 6.10. The summed E-state index contributed by atoms with van der Waals surface area (Å²) in [6.45, 7) is 0. The van der Waals surface area contributed by atoms with Crippen LogP contribution in [0, 0.1) is 10.1 Å². The molecular formula is C18H13ClN2O2. The van der Waals surface area contributed by atoms with Gasteiger partial charge in [0.25, 0.3) is 5.69 Å². The van der Waals surface area contributed by atoms with E-state index in [0.29, 0.717) is 21.8 Å². The molecule has 0 saturated heterocycles. The standard InChI is InChI=1S/C18H13ClN2O2/c19-13-6-9-18(21(22)23)17(10-13)16-11-14(20)7-8-15(16)12-4-2-1-3-5-12/h1-11H,20H2. The molecule has 0 aliphatic rings. The van der Waals surface area contributed by atoms with Crippen molar-refractivity contribution in [1.82, 2.24) is 0 Å². The maximum absolute atomic E-state index is 11.4. The Kier molecular flexibility index (Phi) is 4.00. The van der Waals surface area contributed by atoms with E-state index < -0.39 is 4.92 Å². The Morgan fingerprint density at radius 2 is 1.61 bits per heavy atom. The quantitative estimate of drug-likeness (QED) is 0.411. The first kappa shape index (κ1) is 15.1. The molecule has 5 heteroatoms. The number of benzene rings is 3. The van der Waals surface area contributed by atoms with Crippen molar-refractivity contribution in [2.45, 2.75) is 0 Å². The molecule has 0 unspecified atom stereocenters. The number of nitrogens with two attached hydrogens (primary N) is 1. The van der Waals surface area contributed by atoms with Gasteiger partial charge < -0.3 is 5.73 Å². The Bertz CT molecular complexity index is 879. The lowest BCUT2D eigenvalue weighted by atomic mass is 9.93. The van der Waals surface area contributed by atoms with E-state index in [1.54, 1.807) is 18.2 Å². The summed E-state index contributed by atoms with van der Waals surface area (Å²) in [6.07, 6.45) is 0. The Labute approximate surface area is 138 Å². The third-order valence-electron chi connectivity index (χ3n) is 3.57. The van der Waals surface area contributed by atoms with Crippen molar-refractivity contribution in [1.29, 1.82) is 0 Å². The molecule has 0 saturated carbocycles. The van der Waals surface area contributed by atoms with E-state index in [1.807, 2.05) is 36.4 Å². The monoisotopic (exact) mass is 324 g/mol. The zero-order valence-electron chi connectivity index (χ0n) is 12.1. The summed E-state index contributed by atoms with van der Waals surface area (Å²) >= 11 is 6.06. The van der Waals surface area contributed by atoms with Crippen LogP contribution in [0.5, 0.6) is 0 Å². The predicted octanol–water partition coefficient (Wildman–Crippen LogP) is 5.16. The van der Waals surface area contributed by atoms with E-state index in [0.717, 1.165) is 11.1 Å². The van der Waals surface area contributed by atoms with Crippen LogP contribution in [0.1, 0.15) is 0 Å².